The van der Waals surface area contributed by atoms with Gasteiger partial charge in [-0.1, -0.05) is 41.4 Å². The lowest BCUT2D eigenvalue weighted by atomic mass is 10.2. The van der Waals surface area contributed by atoms with Crippen LogP contribution in [-0.4, -0.2) is 20.3 Å². The van der Waals surface area contributed by atoms with E-state index < -0.39 is 16.1 Å². The Morgan fingerprint density at radius 2 is 1.61 bits per heavy atom. The summed E-state index contributed by atoms with van der Waals surface area (Å²) in [5.74, 6) is -0.317. The van der Waals surface area contributed by atoms with Crippen molar-refractivity contribution in [3.05, 3.63) is 99.7 Å². The second-order valence-electron chi connectivity index (χ2n) is 6.41. The van der Waals surface area contributed by atoms with E-state index in [0.29, 0.717) is 21.2 Å². The van der Waals surface area contributed by atoms with Gasteiger partial charge in [-0.05, 0) is 66.2 Å². The minimum absolute atomic E-state index is 0.0142. The van der Waals surface area contributed by atoms with Crippen LogP contribution in [-0.2, 0) is 19.6 Å². The van der Waals surface area contributed by atoms with Crippen LogP contribution in [0.3, 0.4) is 0 Å². The Morgan fingerprint density at radius 3 is 2.29 bits per heavy atom. The third kappa shape index (κ3) is 4.96. The molecule has 0 bridgehead atoms. The molecule has 31 heavy (non-hydrogen) atoms. The Kier molecular flexibility index (Phi) is 5.82. The van der Waals surface area contributed by atoms with Crippen LogP contribution in [0.5, 0.6) is 5.75 Å². The molecule has 3 aromatic rings. The number of carbonyl (C=O) groups excluding carboxylic acids is 1. The minimum Gasteiger partial charge on any atom is -0.402 e. The maximum atomic E-state index is 12.3. The molecule has 0 aromatic heterocycles. The van der Waals surface area contributed by atoms with Crippen molar-refractivity contribution >= 4 is 51.3 Å². The summed E-state index contributed by atoms with van der Waals surface area (Å²) in [5.41, 5.74) is 1.30. The van der Waals surface area contributed by atoms with Crippen molar-refractivity contribution in [1.29, 1.82) is 0 Å². The van der Waals surface area contributed by atoms with Gasteiger partial charge >= 0.3 is 16.1 Å². The molecule has 1 aliphatic heterocycles. The molecule has 4 rings (SSSR count). The number of cyclic esters (lactones) is 1. The zero-order valence-electron chi connectivity index (χ0n) is 15.7. The topological polar surface area (TPSA) is 82.0 Å². The molecule has 0 saturated carbocycles. The molecule has 0 aliphatic carbocycles. The lowest BCUT2D eigenvalue weighted by Crippen LogP contribution is -2.09. The van der Waals surface area contributed by atoms with E-state index in [4.69, 9.17) is 32.1 Å². The van der Waals surface area contributed by atoms with E-state index in [1.165, 1.54) is 42.5 Å². The van der Waals surface area contributed by atoms with Crippen molar-refractivity contribution in [2.75, 3.05) is 0 Å². The van der Waals surface area contributed by atoms with E-state index >= 15 is 0 Å². The molecule has 0 radical (unpaired) electrons. The molecule has 156 valence electrons. The second-order valence-corrected chi connectivity index (χ2v) is 8.83. The Hall–Kier alpha value is -3.13. The second kappa shape index (κ2) is 8.55. The van der Waals surface area contributed by atoms with E-state index in [0.717, 1.165) is 0 Å². The highest BCUT2D eigenvalue weighted by molar-refractivity contribution is 7.87. The van der Waals surface area contributed by atoms with Crippen molar-refractivity contribution in [2.45, 2.75) is 4.90 Å². The number of esters is 1. The third-order valence-corrected chi connectivity index (χ3v) is 5.93. The van der Waals surface area contributed by atoms with E-state index in [2.05, 4.69) is 4.99 Å². The third-order valence-electron chi connectivity index (χ3n) is 4.18. The number of benzene rings is 3. The average molecular weight is 474 g/mol. The molecule has 9 heteroatoms. The molecule has 0 amide bonds. The molecule has 0 fully saturated rings. The molecule has 0 saturated heterocycles. The number of hydrogen-bond donors (Lipinski definition) is 0. The van der Waals surface area contributed by atoms with Crippen LogP contribution < -0.4 is 4.18 Å². The first-order chi connectivity index (χ1) is 14.8. The average Bonchev–Trinajstić information content (AvgIpc) is 3.10. The molecular formula is C22H13Cl2NO5S. The van der Waals surface area contributed by atoms with Crippen LogP contribution in [0.2, 0.25) is 10.0 Å². The number of aliphatic imine (C=N–C) groups is 1. The van der Waals surface area contributed by atoms with Gasteiger partial charge in [-0.2, -0.15) is 8.42 Å². The number of ether oxygens (including phenoxy) is 1. The van der Waals surface area contributed by atoms with Crippen LogP contribution in [0.1, 0.15) is 11.1 Å². The summed E-state index contributed by atoms with van der Waals surface area (Å²) in [6.07, 6.45) is 1.53. The molecule has 3 aromatic carbocycles. The quantitative estimate of drug-likeness (QED) is 0.292. The smallest absolute Gasteiger partial charge is 0.363 e. The summed E-state index contributed by atoms with van der Waals surface area (Å²) >= 11 is 11.7. The van der Waals surface area contributed by atoms with Crippen LogP contribution >= 0.6 is 23.2 Å². The van der Waals surface area contributed by atoms with Crippen molar-refractivity contribution in [3.63, 3.8) is 0 Å². The summed E-state index contributed by atoms with van der Waals surface area (Å²) in [4.78, 5) is 16.3. The number of carbonyl (C=O) groups is 1. The first-order valence-electron chi connectivity index (χ1n) is 8.89. The summed E-state index contributed by atoms with van der Waals surface area (Å²) in [7, 11) is -4.00. The van der Waals surface area contributed by atoms with Crippen molar-refractivity contribution < 1.29 is 22.1 Å². The van der Waals surface area contributed by atoms with Gasteiger partial charge in [-0.3, -0.25) is 0 Å². The molecule has 0 unspecified atom stereocenters. The molecule has 0 N–H and O–H groups in total. The van der Waals surface area contributed by atoms with Gasteiger partial charge in [0.25, 0.3) is 0 Å². The largest absolute Gasteiger partial charge is 0.402 e. The van der Waals surface area contributed by atoms with Gasteiger partial charge in [-0.25, -0.2) is 9.79 Å². The molecule has 0 atom stereocenters. The van der Waals surface area contributed by atoms with Crippen molar-refractivity contribution in [2.24, 2.45) is 4.99 Å². The van der Waals surface area contributed by atoms with Gasteiger partial charge < -0.3 is 8.92 Å². The monoisotopic (exact) mass is 473 g/mol. The lowest BCUT2D eigenvalue weighted by Gasteiger charge is -2.07. The Bertz CT molecular complexity index is 1310. The van der Waals surface area contributed by atoms with E-state index in [1.54, 1.807) is 36.4 Å². The molecular weight excluding hydrogens is 461 g/mol. The zero-order chi connectivity index (χ0) is 22.0. The standard InChI is InChI=1S/C22H13Cl2NO5S/c23-16-6-10-19(11-7-16)31(27,28)30-18-8-4-14(5-9-18)12-20-22(26)29-21(25-20)15-2-1-3-17(24)13-15/h1-13H/b20-12+. The van der Waals surface area contributed by atoms with Crippen LogP contribution in [0, 0.1) is 0 Å². The van der Waals surface area contributed by atoms with E-state index in [-0.39, 0.29) is 22.2 Å². The van der Waals surface area contributed by atoms with Gasteiger partial charge in [0.2, 0.25) is 5.90 Å². The predicted molar refractivity (Wildman–Crippen MR) is 118 cm³/mol. The van der Waals surface area contributed by atoms with Gasteiger partial charge in [0.1, 0.15) is 10.6 Å². The molecule has 1 aliphatic rings. The number of rotatable bonds is 5. The summed E-state index contributed by atoms with van der Waals surface area (Å²) in [6.45, 7) is 0. The van der Waals surface area contributed by atoms with Crippen LogP contribution in [0.4, 0.5) is 0 Å². The van der Waals surface area contributed by atoms with E-state index in [1.807, 2.05) is 0 Å². The van der Waals surface area contributed by atoms with Crippen LogP contribution in [0.15, 0.2) is 88.4 Å². The fourth-order valence-electron chi connectivity index (χ4n) is 2.71. The van der Waals surface area contributed by atoms with Crippen LogP contribution in [0.25, 0.3) is 6.08 Å². The highest BCUT2D eigenvalue weighted by Crippen LogP contribution is 2.24. The van der Waals surface area contributed by atoms with E-state index in [9.17, 15) is 13.2 Å². The predicted octanol–water partition coefficient (Wildman–Crippen LogP) is 5.11. The number of nitrogens with zero attached hydrogens (tertiary/aromatic N) is 1. The highest BCUT2D eigenvalue weighted by Gasteiger charge is 2.24. The summed E-state index contributed by atoms with van der Waals surface area (Å²) in [5, 5.41) is 0.917. The molecule has 1 heterocycles. The fraction of sp³-hybridized carbons (Fsp3) is 0. The lowest BCUT2D eigenvalue weighted by molar-refractivity contribution is -0.129. The Morgan fingerprint density at radius 1 is 0.903 bits per heavy atom. The first-order valence-corrected chi connectivity index (χ1v) is 11.1. The van der Waals surface area contributed by atoms with Crippen molar-refractivity contribution in [1.82, 2.24) is 0 Å². The normalized spacial score (nSPS) is 15.0. The molecule has 0 spiro atoms. The zero-order valence-corrected chi connectivity index (χ0v) is 18.0. The first kappa shape index (κ1) is 21.1. The summed E-state index contributed by atoms with van der Waals surface area (Å²) < 4.78 is 35.0. The number of halogens is 2. The minimum atomic E-state index is -4.00. The Labute approximate surface area is 188 Å². The van der Waals surface area contributed by atoms with Gasteiger partial charge in [-0.15, -0.1) is 0 Å². The number of hydrogen-bond acceptors (Lipinski definition) is 6. The fourth-order valence-corrected chi connectivity index (χ4v) is 3.95. The maximum absolute atomic E-state index is 12.3. The van der Waals surface area contributed by atoms with Gasteiger partial charge in [0.05, 0.1) is 0 Å². The Balaban J connectivity index is 1.52. The SMILES string of the molecule is O=C1OC(c2cccc(Cl)c2)=N/C1=C/c1ccc(OS(=O)(=O)c2ccc(Cl)cc2)cc1. The summed E-state index contributed by atoms with van der Waals surface area (Å²) in [6, 6.07) is 18.6. The van der Waals surface area contributed by atoms with Gasteiger partial charge in [0.15, 0.2) is 5.70 Å². The van der Waals surface area contributed by atoms with Gasteiger partial charge in [0, 0.05) is 15.6 Å². The maximum Gasteiger partial charge on any atom is 0.363 e. The van der Waals surface area contributed by atoms with Crippen molar-refractivity contribution in [3.8, 4) is 5.75 Å². The highest BCUT2D eigenvalue weighted by atomic mass is 35.5. The molecule has 6 nitrogen and oxygen atoms in total.